The minimum Gasteiger partial charge on any atom is -0.369 e. The second-order valence-corrected chi connectivity index (χ2v) is 3.78. The van der Waals surface area contributed by atoms with Crippen LogP contribution < -0.4 is 0 Å². The van der Waals surface area contributed by atoms with E-state index < -0.39 is 36.4 Å². The van der Waals surface area contributed by atoms with Gasteiger partial charge in [0.15, 0.2) is 0 Å². The maximum Gasteiger partial charge on any atom is 0.374 e. The fourth-order valence-corrected chi connectivity index (χ4v) is 1.40. The Labute approximate surface area is 82.4 Å². The molecule has 15 heavy (non-hydrogen) atoms. The van der Waals surface area contributed by atoms with Crippen LogP contribution in [-0.4, -0.2) is 30.0 Å². The van der Waals surface area contributed by atoms with Crippen LogP contribution in [0.5, 0.6) is 0 Å². The van der Waals surface area contributed by atoms with Gasteiger partial charge in [0, 0.05) is 0 Å². The van der Waals surface area contributed by atoms with Gasteiger partial charge in [-0.05, 0) is 13.8 Å². The monoisotopic (exact) mass is 236 g/mol. The molecular weight excluding hydrogens is 226 g/mol. The predicted molar refractivity (Wildman–Crippen MR) is 39.5 cm³/mol. The molecule has 0 aliphatic heterocycles. The van der Waals surface area contributed by atoms with Gasteiger partial charge < -0.3 is 4.74 Å². The maximum absolute atomic E-state index is 12.9. The first-order valence-corrected chi connectivity index (χ1v) is 4.31. The fourth-order valence-electron chi connectivity index (χ4n) is 1.40. The lowest BCUT2D eigenvalue weighted by atomic mass is 10.2. The van der Waals surface area contributed by atoms with E-state index in [0.29, 0.717) is 0 Å². The first kappa shape index (κ1) is 12.6. The smallest absolute Gasteiger partial charge is 0.369 e. The molecule has 0 N–H and O–H groups in total. The van der Waals surface area contributed by atoms with Crippen LogP contribution in [0, 0.1) is 0 Å². The van der Waals surface area contributed by atoms with Crippen LogP contribution in [0.2, 0.25) is 0 Å². The highest BCUT2D eigenvalue weighted by molar-refractivity contribution is 5.09. The van der Waals surface area contributed by atoms with Gasteiger partial charge in [-0.3, -0.25) is 0 Å². The number of ether oxygens (including phenoxy) is 1. The molecule has 0 aromatic carbocycles. The average molecular weight is 236 g/mol. The Hall–Kier alpha value is -0.460. The largest absolute Gasteiger partial charge is 0.374 e. The van der Waals surface area contributed by atoms with Crippen molar-refractivity contribution in [2.75, 3.05) is 0 Å². The zero-order chi connectivity index (χ0) is 12.1. The summed E-state index contributed by atoms with van der Waals surface area (Å²) >= 11 is 0. The SMILES string of the molecule is CC(C)OC1CC(F)(F)C(F)(F)C1(F)F. The Morgan fingerprint density at radius 3 is 1.80 bits per heavy atom. The highest BCUT2D eigenvalue weighted by Crippen LogP contribution is 2.57. The van der Waals surface area contributed by atoms with Crippen molar-refractivity contribution in [3.63, 3.8) is 0 Å². The van der Waals surface area contributed by atoms with Gasteiger partial charge in [0.1, 0.15) is 6.10 Å². The summed E-state index contributed by atoms with van der Waals surface area (Å²) in [6.07, 6.45) is -4.92. The van der Waals surface area contributed by atoms with E-state index in [2.05, 4.69) is 4.74 Å². The molecule has 1 rings (SSSR count). The zero-order valence-electron chi connectivity index (χ0n) is 8.04. The van der Waals surface area contributed by atoms with Crippen molar-refractivity contribution in [3.05, 3.63) is 0 Å². The zero-order valence-corrected chi connectivity index (χ0v) is 8.04. The molecule has 1 aliphatic rings. The molecule has 1 unspecified atom stereocenters. The Morgan fingerprint density at radius 1 is 1.07 bits per heavy atom. The van der Waals surface area contributed by atoms with E-state index >= 15 is 0 Å². The minimum atomic E-state index is -5.35. The van der Waals surface area contributed by atoms with Crippen LogP contribution in [-0.2, 0) is 4.74 Å². The summed E-state index contributed by atoms with van der Waals surface area (Å²) in [5.74, 6) is -14.9. The van der Waals surface area contributed by atoms with Crippen LogP contribution in [0.15, 0.2) is 0 Å². The Bertz CT molecular complexity index is 250. The lowest BCUT2D eigenvalue weighted by molar-refractivity contribution is -0.285. The topological polar surface area (TPSA) is 9.23 Å². The van der Waals surface area contributed by atoms with E-state index in [1.165, 1.54) is 13.8 Å². The van der Waals surface area contributed by atoms with Crippen molar-refractivity contribution < 1.29 is 31.1 Å². The quantitative estimate of drug-likeness (QED) is 0.669. The lowest BCUT2D eigenvalue weighted by Gasteiger charge is -2.25. The van der Waals surface area contributed by atoms with E-state index in [-0.39, 0.29) is 0 Å². The number of hydrogen-bond donors (Lipinski definition) is 0. The highest BCUT2D eigenvalue weighted by atomic mass is 19.3. The van der Waals surface area contributed by atoms with Crippen LogP contribution >= 0.6 is 0 Å². The van der Waals surface area contributed by atoms with Crippen molar-refractivity contribution in [2.45, 2.75) is 50.2 Å². The molecule has 0 heterocycles. The summed E-state index contributed by atoms with van der Waals surface area (Å²) in [7, 11) is 0. The van der Waals surface area contributed by atoms with E-state index in [9.17, 15) is 26.3 Å². The van der Waals surface area contributed by atoms with Crippen LogP contribution in [0.3, 0.4) is 0 Å². The molecular formula is C8H10F6O. The molecule has 90 valence electrons. The summed E-state index contributed by atoms with van der Waals surface area (Å²) in [5, 5.41) is 0. The van der Waals surface area contributed by atoms with E-state index in [1.54, 1.807) is 0 Å². The summed E-state index contributed by atoms with van der Waals surface area (Å²) in [4.78, 5) is 0. The molecule has 1 aliphatic carbocycles. The summed E-state index contributed by atoms with van der Waals surface area (Å²) < 4.78 is 80.6. The third-order valence-electron chi connectivity index (χ3n) is 2.16. The molecule has 0 saturated heterocycles. The maximum atomic E-state index is 12.9. The highest BCUT2D eigenvalue weighted by Gasteiger charge is 2.81. The second-order valence-electron chi connectivity index (χ2n) is 3.78. The van der Waals surface area contributed by atoms with Gasteiger partial charge in [-0.2, -0.15) is 26.3 Å². The Balaban J connectivity index is 2.97. The third kappa shape index (κ3) is 1.70. The molecule has 1 saturated carbocycles. The van der Waals surface area contributed by atoms with E-state index in [4.69, 9.17) is 0 Å². The molecule has 7 heteroatoms. The van der Waals surface area contributed by atoms with Crippen LogP contribution in [0.25, 0.3) is 0 Å². The lowest BCUT2D eigenvalue weighted by Crippen LogP contribution is -2.49. The Kier molecular flexibility index (Phi) is 2.74. The summed E-state index contributed by atoms with van der Waals surface area (Å²) in [6, 6.07) is 0. The van der Waals surface area contributed by atoms with Crippen molar-refractivity contribution in [1.82, 2.24) is 0 Å². The van der Waals surface area contributed by atoms with Gasteiger partial charge in [0.25, 0.3) is 0 Å². The Morgan fingerprint density at radius 2 is 1.53 bits per heavy atom. The number of alkyl halides is 6. The van der Waals surface area contributed by atoms with Gasteiger partial charge in [-0.1, -0.05) is 0 Å². The van der Waals surface area contributed by atoms with Gasteiger partial charge in [0.2, 0.25) is 0 Å². The molecule has 0 amide bonds. The number of hydrogen-bond acceptors (Lipinski definition) is 1. The summed E-state index contributed by atoms with van der Waals surface area (Å²) in [5.41, 5.74) is 0. The first-order valence-electron chi connectivity index (χ1n) is 4.31. The van der Waals surface area contributed by atoms with Crippen molar-refractivity contribution in [3.8, 4) is 0 Å². The van der Waals surface area contributed by atoms with E-state index in [1.807, 2.05) is 0 Å². The molecule has 1 fully saturated rings. The molecule has 1 atom stereocenters. The van der Waals surface area contributed by atoms with Gasteiger partial charge in [-0.15, -0.1) is 0 Å². The molecule has 0 radical (unpaired) electrons. The molecule has 0 aromatic rings. The molecule has 0 bridgehead atoms. The van der Waals surface area contributed by atoms with Crippen molar-refractivity contribution in [2.24, 2.45) is 0 Å². The summed E-state index contributed by atoms with van der Waals surface area (Å²) in [6.45, 7) is 2.62. The van der Waals surface area contributed by atoms with Gasteiger partial charge in [-0.25, -0.2) is 0 Å². The van der Waals surface area contributed by atoms with Crippen molar-refractivity contribution >= 4 is 0 Å². The standard InChI is InChI=1S/C8H10F6O/c1-4(2)15-5-3-6(9,10)8(13,14)7(5,11)12/h4-5H,3H2,1-2H3. The van der Waals surface area contributed by atoms with Crippen LogP contribution in [0.1, 0.15) is 20.3 Å². The van der Waals surface area contributed by atoms with Crippen LogP contribution in [0.4, 0.5) is 26.3 Å². The molecule has 0 aromatic heterocycles. The minimum absolute atomic E-state index is 0.814. The van der Waals surface area contributed by atoms with E-state index in [0.717, 1.165) is 0 Å². The fraction of sp³-hybridized carbons (Fsp3) is 1.00. The first-order chi connectivity index (χ1) is 6.52. The second kappa shape index (κ2) is 3.26. The van der Waals surface area contributed by atoms with Gasteiger partial charge in [0.05, 0.1) is 12.5 Å². The average Bonchev–Trinajstić information content (AvgIpc) is 2.09. The normalized spacial score (nSPS) is 32.2. The molecule has 1 nitrogen and oxygen atoms in total. The van der Waals surface area contributed by atoms with Crippen molar-refractivity contribution in [1.29, 1.82) is 0 Å². The predicted octanol–water partition coefficient (Wildman–Crippen LogP) is 3.09. The molecule has 0 spiro atoms. The third-order valence-corrected chi connectivity index (χ3v) is 2.16. The number of halogens is 6. The van der Waals surface area contributed by atoms with Gasteiger partial charge >= 0.3 is 17.8 Å². The number of rotatable bonds is 2.